The van der Waals surface area contributed by atoms with Crippen molar-refractivity contribution in [1.29, 1.82) is 0 Å². The molecule has 0 aromatic rings. The molecule has 0 saturated carbocycles. The Morgan fingerprint density at radius 3 is 3.08 bits per heavy atom. The molecule has 2 unspecified atom stereocenters. The second kappa shape index (κ2) is 4.13. The number of nitrogens with one attached hydrogen (secondary N) is 1. The molecule has 2 heterocycles. The van der Waals surface area contributed by atoms with Gasteiger partial charge in [-0.25, -0.2) is 0 Å². The molecule has 0 aliphatic carbocycles. The molecule has 13 heavy (non-hydrogen) atoms. The molecule has 2 aliphatic rings. The van der Waals surface area contributed by atoms with E-state index in [1.54, 1.807) is 0 Å². The van der Waals surface area contributed by atoms with Crippen molar-refractivity contribution in [1.82, 2.24) is 8.43 Å². The first-order valence-electron chi connectivity index (χ1n) is 4.90. The number of piperidine rings is 1. The minimum atomic E-state index is 0.262. The Balaban J connectivity index is 1.90. The van der Waals surface area contributed by atoms with E-state index in [9.17, 15) is 4.79 Å². The first-order chi connectivity index (χ1) is 6.29. The Hall–Kier alpha value is 0.160. The second-order valence-corrected chi connectivity index (χ2v) is 7.32. The molecule has 2 aliphatic heterocycles. The van der Waals surface area contributed by atoms with Gasteiger partial charge in [-0.1, -0.05) is 0 Å². The minimum absolute atomic E-state index is 0.262. The third-order valence-electron chi connectivity index (χ3n) is 2.83. The van der Waals surface area contributed by atoms with Gasteiger partial charge in [-0.05, 0) is 0 Å². The summed E-state index contributed by atoms with van der Waals surface area (Å²) in [5.41, 5.74) is 0. The van der Waals surface area contributed by atoms with E-state index < -0.39 is 0 Å². The number of carbonyl (C=O) groups is 1. The van der Waals surface area contributed by atoms with E-state index in [0.29, 0.717) is 5.92 Å². The van der Waals surface area contributed by atoms with Crippen LogP contribution in [0.15, 0.2) is 0 Å². The average molecular weight is 295 g/mol. The number of amides is 1. The van der Waals surface area contributed by atoms with Gasteiger partial charge < -0.3 is 0 Å². The summed E-state index contributed by atoms with van der Waals surface area (Å²) in [4.78, 5) is 11.1. The molecule has 76 valence electrons. The second-order valence-electron chi connectivity index (χ2n) is 3.74. The van der Waals surface area contributed by atoms with Gasteiger partial charge >= 0.3 is 89.9 Å². The molecule has 4 heteroatoms. The zero-order chi connectivity index (χ0) is 9.26. The van der Waals surface area contributed by atoms with E-state index in [-0.39, 0.29) is 27.4 Å². The predicted octanol–water partition coefficient (Wildman–Crippen LogP) is -2.92. The van der Waals surface area contributed by atoms with Crippen LogP contribution in [0.1, 0.15) is 13.3 Å². The summed E-state index contributed by atoms with van der Waals surface area (Å²) in [7, 11) is 0. The van der Waals surface area contributed by atoms with Gasteiger partial charge in [0.1, 0.15) is 0 Å². The van der Waals surface area contributed by atoms with Crippen LogP contribution in [0.5, 0.6) is 0 Å². The average Bonchev–Trinajstić information content (AvgIpc) is 2.46. The van der Waals surface area contributed by atoms with Crippen molar-refractivity contribution in [3.8, 4) is 0 Å². The summed E-state index contributed by atoms with van der Waals surface area (Å²) >= 11 is 0.265. The first kappa shape index (κ1) is 9.71. The van der Waals surface area contributed by atoms with Crippen LogP contribution < -0.4 is 26.8 Å². The number of hydrogen-bond acceptors (Lipinski definition) is 2. The van der Waals surface area contributed by atoms with Crippen molar-refractivity contribution in [2.45, 2.75) is 13.3 Å². The monoisotopic (exact) mass is 295 g/mol. The Morgan fingerprint density at radius 2 is 2.31 bits per heavy atom. The zero-order valence-corrected chi connectivity index (χ0v) is 10.1. The molecular formula is C9H16IN2O-. The fourth-order valence-corrected chi connectivity index (χ4v) is 4.70. The van der Waals surface area contributed by atoms with Gasteiger partial charge in [0.05, 0.1) is 0 Å². The van der Waals surface area contributed by atoms with Crippen molar-refractivity contribution in [2.24, 2.45) is 11.8 Å². The van der Waals surface area contributed by atoms with E-state index in [1.165, 1.54) is 17.5 Å². The molecule has 0 bridgehead atoms. The number of alkyl halides is 1. The molecule has 2 fully saturated rings. The van der Waals surface area contributed by atoms with E-state index in [4.69, 9.17) is 0 Å². The number of fused-ring (bicyclic) bond motifs is 1. The van der Waals surface area contributed by atoms with Crippen molar-refractivity contribution in [3.63, 3.8) is 0 Å². The standard InChI is InChI=1S/C9H16IN2O/c1-2-10-12-5-7-3-9(13)11-4-8(7)6-12/h7-8H,2-6H2,1H3,(H,11,13)/q-1. The third-order valence-corrected chi connectivity index (χ3v) is 5.26. The topological polar surface area (TPSA) is 32.3 Å². The van der Waals surface area contributed by atoms with E-state index in [2.05, 4.69) is 15.4 Å². The summed E-state index contributed by atoms with van der Waals surface area (Å²) in [5, 5.41) is 2.96. The summed E-state index contributed by atoms with van der Waals surface area (Å²) in [6, 6.07) is 0. The molecule has 3 nitrogen and oxygen atoms in total. The number of hydrogen-bond donors (Lipinski definition) is 1. The fourth-order valence-electron chi connectivity index (χ4n) is 2.17. The molecular weight excluding hydrogens is 279 g/mol. The van der Waals surface area contributed by atoms with Crippen LogP contribution in [0.3, 0.4) is 0 Å². The van der Waals surface area contributed by atoms with Crippen molar-refractivity contribution in [2.75, 3.05) is 24.1 Å². The number of halogens is 1. The maximum atomic E-state index is 11.1. The molecule has 2 rings (SSSR count). The zero-order valence-electron chi connectivity index (χ0n) is 7.92. The molecule has 1 amide bonds. The number of carbonyl (C=O) groups excluding carboxylic acids is 1. The fraction of sp³-hybridized carbons (Fsp3) is 0.889. The Kier molecular flexibility index (Phi) is 3.08. The van der Waals surface area contributed by atoms with Gasteiger partial charge in [0.2, 0.25) is 0 Å². The molecule has 2 atom stereocenters. The quantitative estimate of drug-likeness (QED) is 0.336. The van der Waals surface area contributed by atoms with Gasteiger partial charge in [0, 0.05) is 0 Å². The van der Waals surface area contributed by atoms with Crippen LogP contribution in [-0.2, 0) is 4.79 Å². The van der Waals surface area contributed by atoms with Gasteiger partial charge in [0.25, 0.3) is 0 Å². The normalized spacial score (nSPS) is 34.7. The SMILES string of the molecule is CC[I-]N1CC2CNC(=O)CC2C1. The molecule has 0 radical (unpaired) electrons. The Bertz CT molecular complexity index is 210. The maximum absolute atomic E-state index is 11.1. The molecule has 2 saturated heterocycles. The summed E-state index contributed by atoms with van der Waals surface area (Å²) in [6.45, 7) is 5.62. The van der Waals surface area contributed by atoms with Gasteiger partial charge in [-0.15, -0.1) is 0 Å². The Labute approximate surface area is 89.9 Å². The summed E-state index contributed by atoms with van der Waals surface area (Å²) in [5.74, 6) is 1.68. The van der Waals surface area contributed by atoms with Gasteiger partial charge in [-0.2, -0.15) is 0 Å². The van der Waals surface area contributed by atoms with Crippen LogP contribution in [0.25, 0.3) is 0 Å². The molecule has 0 aromatic carbocycles. The van der Waals surface area contributed by atoms with Gasteiger partial charge in [0.15, 0.2) is 0 Å². The van der Waals surface area contributed by atoms with E-state index >= 15 is 0 Å². The summed E-state index contributed by atoms with van der Waals surface area (Å²) < 4.78 is 3.94. The number of nitrogens with zero attached hydrogens (tertiary/aromatic N) is 1. The van der Waals surface area contributed by atoms with Crippen LogP contribution in [0.4, 0.5) is 0 Å². The molecule has 0 aromatic heterocycles. The van der Waals surface area contributed by atoms with Crippen molar-refractivity contribution < 1.29 is 26.3 Å². The van der Waals surface area contributed by atoms with Crippen LogP contribution >= 0.6 is 0 Å². The summed E-state index contributed by atoms with van der Waals surface area (Å²) in [6.07, 6.45) is 0.772. The first-order valence-corrected chi connectivity index (χ1v) is 7.39. The van der Waals surface area contributed by atoms with Crippen molar-refractivity contribution in [3.05, 3.63) is 0 Å². The van der Waals surface area contributed by atoms with E-state index in [1.807, 2.05) is 0 Å². The Morgan fingerprint density at radius 1 is 1.54 bits per heavy atom. The van der Waals surface area contributed by atoms with Crippen LogP contribution in [0, 0.1) is 11.8 Å². The molecule has 0 spiro atoms. The predicted molar refractivity (Wildman–Crippen MR) is 46.7 cm³/mol. The van der Waals surface area contributed by atoms with E-state index in [0.717, 1.165) is 18.9 Å². The molecule has 1 N–H and O–H groups in total. The third kappa shape index (κ3) is 2.15. The van der Waals surface area contributed by atoms with Crippen molar-refractivity contribution >= 4 is 5.91 Å². The van der Waals surface area contributed by atoms with Crippen LogP contribution in [0.2, 0.25) is 0 Å². The van der Waals surface area contributed by atoms with Crippen LogP contribution in [-0.4, -0.2) is 33.1 Å². The number of rotatable bonds is 2. The van der Waals surface area contributed by atoms with Gasteiger partial charge in [-0.3, -0.25) is 0 Å².